The lowest BCUT2D eigenvalue weighted by molar-refractivity contribution is -0.123. The summed E-state index contributed by atoms with van der Waals surface area (Å²) < 4.78 is 31.5. The van der Waals surface area contributed by atoms with Crippen LogP contribution in [0.5, 0.6) is 5.75 Å². The number of carbonyl (C=O) groups excluding carboxylic acids is 2. The number of nitrogens with one attached hydrogen (secondary N) is 2. The van der Waals surface area contributed by atoms with Crippen LogP contribution < -0.4 is 19.8 Å². The van der Waals surface area contributed by atoms with Gasteiger partial charge in [0.1, 0.15) is 5.75 Å². The number of rotatable bonds is 13. The zero-order valence-electron chi connectivity index (χ0n) is 23.1. The van der Waals surface area contributed by atoms with Crippen molar-refractivity contribution in [2.45, 2.75) is 13.0 Å². The minimum Gasteiger partial charge on any atom is -0.484 e. The predicted octanol–water partition coefficient (Wildman–Crippen LogP) is 4.15. The maximum atomic E-state index is 12.5. The number of ether oxygens (including phenoxy) is 1. The second-order valence-corrected chi connectivity index (χ2v) is 11.4. The molecule has 0 aliphatic carbocycles. The van der Waals surface area contributed by atoms with Crippen LogP contribution in [-0.4, -0.2) is 45.9 Å². The van der Waals surface area contributed by atoms with Crippen LogP contribution in [0.15, 0.2) is 114 Å². The van der Waals surface area contributed by atoms with Gasteiger partial charge < -0.3 is 10.1 Å². The van der Waals surface area contributed by atoms with Gasteiger partial charge in [-0.2, -0.15) is 5.10 Å². The fourth-order valence-electron chi connectivity index (χ4n) is 3.99. The van der Waals surface area contributed by atoms with E-state index >= 15 is 0 Å². The first-order valence-corrected chi connectivity index (χ1v) is 15.1. The maximum absolute atomic E-state index is 12.5. The highest BCUT2D eigenvalue weighted by Gasteiger charge is 2.17. The quantitative estimate of drug-likeness (QED) is 0.181. The molecule has 0 unspecified atom stereocenters. The van der Waals surface area contributed by atoms with Gasteiger partial charge in [0.25, 0.3) is 11.8 Å². The average Bonchev–Trinajstić information content (AvgIpc) is 3.00. The largest absolute Gasteiger partial charge is 0.484 e. The minimum absolute atomic E-state index is 0.0877. The molecule has 0 heterocycles. The molecule has 42 heavy (non-hydrogen) atoms. The molecular weight excluding hydrogens is 552 g/mol. The fraction of sp³-hybridized carbons (Fsp3) is 0.156. The Morgan fingerprint density at radius 1 is 0.833 bits per heavy atom. The van der Waals surface area contributed by atoms with Gasteiger partial charge in [-0.3, -0.25) is 13.9 Å². The Kier molecular flexibility index (Phi) is 10.4. The Morgan fingerprint density at radius 2 is 1.48 bits per heavy atom. The second-order valence-electron chi connectivity index (χ2n) is 9.44. The standard InChI is InChI=1S/C32H32N4O5S/c1-42(39,40)36(29-10-6-3-7-11-29)23-27-12-16-28(17-13-27)32(38)35-34-22-26-14-18-30(19-15-26)41-24-31(37)33-21-20-25-8-4-2-5-9-25/h2-19,22H,20-21,23-24H2,1H3,(H,33,37)(H,35,38)/b34-22-. The summed E-state index contributed by atoms with van der Waals surface area (Å²) >= 11 is 0. The molecule has 4 aromatic rings. The highest BCUT2D eigenvalue weighted by Crippen LogP contribution is 2.20. The zero-order chi connectivity index (χ0) is 29.8. The smallest absolute Gasteiger partial charge is 0.271 e. The van der Waals surface area contributed by atoms with Crippen LogP contribution in [0.25, 0.3) is 0 Å². The van der Waals surface area contributed by atoms with E-state index in [0.717, 1.165) is 29.4 Å². The van der Waals surface area contributed by atoms with Crippen LogP contribution in [0.1, 0.15) is 27.0 Å². The van der Waals surface area contributed by atoms with Crippen molar-refractivity contribution < 1.29 is 22.7 Å². The van der Waals surface area contributed by atoms with E-state index in [1.54, 1.807) is 72.8 Å². The summed E-state index contributed by atoms with van der Waals surface area (Å²) in [6, 6.07) is 32.4. The summed E-state index contributed by atoms with van der Waals surface area (Å²) in [6.07, 6.45) is 3.41. The summed E-state index contributed by atoms with van der Waals surface area (Å²) in [7, 11) is -3.49. The molecule has 0 bridgehead atoms. The van der Waals surface area contributed by atoms with Crippen LogP contribution in [-0.2, 0) is 27.8 Å². The Bertz CT molecular complexity index is 1590. The van der Waals surface area contributed by atoms with E-state index in [9.17, 15) is 18.0 Å². The molecule has 0 aliphatic heterocycles. The molecule has 0 spiro atoms. The SMILES string of the molecule is CS(=O)(=O)N(Cc1ccc(C(=O)N/N=C\c2ccc(OCC(=O)NCCc3ccccc3)cc2)cc1)c1ccccc1. The number of sulfonamides is 1. The van der Waals surface area contributed by atoms with Gasteiger partial charge in [-0.1, -0.05) is 60.7 Å². The molecule has 2 amide bonds. The van der Waals surface area contributed by atoms with Crippen molar-refractivity contribution in [2.75, 3.05) is 23.7 Å². The third kappa shape index (κ3) is 9.31. The number of carbonyl (C=O) groups is 2. The first-order valence-electron chi connectivity index (χ1n) is 13.3. The Hall–Kier alpha value is -4.96. The number of amides is 2. The normalized spacial score (nSPS) is 11.2. The Balaban J connectivity index is 1.22. The molecule has 0 saturated carbocycles. The van der Waals surface area contributed by atoms with Crippen molar-refractivity contribution >= 4 is 33.7 Å². The molecule has 2 N–H and O–H groups in total. The first kappa shape index (κ1) is 30.0. The van der Waals surface area contributed by atoms with E-state index in [2.05, 4.69) is 15.8 Å². The number of para-hydroxylation sites is 1. The lowest BCUT2D eigenvalue weighted by atomic mass is 10.1. The van der Waals surface area contributed by atoms with Crippen molar-refractivity contribution in [3.8, 4) is 5.75 Å². The summed E-state index contributed by atoms with van der Waals surface area (Å²) in [4.78, 5) is 24.6. The molecule has 0 fully saturated rings. The van der Waals surface area contributed by atoms with Crippen molar-refractivity contribution in [1.29, 1.82) is 0 Å². The van der Waals surface area contributed by atoms with Crippen molar-refractivity contribution in [3.05, 3.63) is 131 Å². The molecule has 0 atom stereocenters. The van der Waals surface area contributed by atoms with E-state index in [1.165, 1.54) is 10.5 Å². The number of nitrogens with zero attached hydrogens (tertiary/aromatic N) is 2. The molecular formula is C32H32N4O5S. The van der Waals surface area contributed by atoms with Crippen LogP contribution >= 0.6 is 0 Å². The zero-order valence-corrected chi connectivity index (χ0v) is 24.0. The summed E-state index contributed by atoms with van der Waals surface area (Å²) in [6.45, 7) is 0.588. The van der Waals surface area contributed by atoms with Crippen LogP contribution in [0.3, 0.4) is 0 Å². The van der Waals surface area contributed by atoms with E-state index in [-0.39, 0.29) is 19.1 Å². The molecule has 216 valence electrons. The molecule has 4 aromatic carbocycles. The van der Waals surface area contributed by atoms with Gasteiger partial charge in [0.2, 0.25) is 10.0 Å². The van der Waals surface area contributed by atoms with Gasteiger partial charge in [0.05, 0.1) is 24.7 Å². The van der Waals surface area contributed by atoms with E-state index < -0.39 is 15.9 Å². The lowest BCUT2D eigenvalue weighted by Gasteiger charge is -2.22. The van der Waals surface area contributed by atoms with Crippen LogP contribution in [0.2, 0.25) is 0 Å². The Morgan fingerprint density at radius 3 is 2.12 bits per heavy atom. The molecule has 0 saturated heterocycles. The van der Waals surface area contributed by atoms with E-state index in [1.807, 2.05) is 36.4 Å². The van der Waals surface area contributed by atoms with Gasteiger partial charge in [0.15, 0.2) is 6.61 Å². The molecule has 4 rings (SSSR count). The summed E-state index contributed by atoms with van der Waals surface area (Å²) in [5, 5.41) is 6.84. The van der Waals surface area contributed by atoms with Crippen LogP contribution in [0.4, 0.5) is 5.69 Å². The fourth-order valence-corrected chi connectivity index (χ4v) is 4.88. The highest BCUT2D eigenvalue weighted by molar-refractivity contribution is 7.92. The molecule has 0 aromatic heterocycles. The molecule has 0 radical (unpaired) electrons. The summed E-state index contributed by atoms with van der Waals surface area (Å²) in [5.74, 6) is -0.0634. The van der Waals surface area contributed by atoms with Gasteiger partial charge in [0, 0.05) is 12.1 Å². The van der Waals surface area contributed by atoms with Crippen molar-refractivity contribution in [1.82, 2.24) is 10.7 Å². The first-order chi connectivity index (χ1) is 20.3. The number of anilines is 1. The number of benzene rings is 4. The van der Waals surface area contributed by atoms with Gasteiger partial charge in [-0.15, -0.1) is 0 Å². The molecule has 10 heteroatoms. The molecule has 9 nitrogen and oxygen atoms in total. The van der Waals surface area contributed by atoms with E-state index in [0.29, 0.717) is 23.5 Å². The number of hydrogen-bond acceptors (Lipinski definition) is 6. The second kappa shape index (κ2) is 14.6. The minimum atomic E-state index is -3.49. The topological polar surface area (TPSA) is 117 Å². The van der Waals surface area contributed by atoms with Gasteiger partial charge >= 0.3 is 0 Å². The third-order valence-corrected chi connectivity index (χ3v) is 7.34. The van der Waals surface area contributed by atoms with Gasteiger partial charge in [-0.25, -0.2) is 13.8 Å². The monoisotopic (exact) mass is 584 g/mol. The molecule has 0 aliphatic rings. The van der Waals surface area contributed by atoms with Crippen molar-refractivity contribution in [2.24, 2.45) is 5.10 Å². The average molecular weight is 585 g/mol. The number of hydrazone groups is 1. The maximum Gasteiger partial charge on any atom is 0.271 e. The third-order valence-electron chi connectivity index (χ3n) is 6.20. The predicted molar refractivity (Wildman–Crippen MR) is 164 cm³/mol. The highest BCUT2D eigenvalue weighted by atomic mass is 32.2. The van der Waals surface area contributed by atoms with Crippen LogP contribution in [0, 0.1) is 0 Å². The Labute approximate surface area is 245 Å². The number of hydrogen-bond donors (Lipinski definition) is 2. The summed E-state index contributed by atoms with van der Waals surface area (Å²) in [5.41, 5.74) is 6.05. The lowest BCUT2D eigenvalue weighted by Crippen LogP contribution is -2.30. The van der Waals surface area contributed by atoms with Gasteiger partial charge in [-0.05, 0) is 71.6 Å². The van der Waals surface area contributed by atoms with Crippen molar-refractivity contribution in [3.63, 3.8) is 0 Å². The van der Waals surface area contributed by atoms with E-state index in [4.69, 9.17) is 4.74 Å².